The van der Waals surface area contributed by atoms with Crippen molar-refractivity contribution in [1.29, 1.82) is 0 Å². The van der Waals surface area contributed by atoms with E-state index in [1.807, 2.05) is 13.8 Å². The fourth-order valence-corrected chi connectivity index (χ4v) is 2.08. The molecule has 1 unspecified atom stereocenters. The molecule has 1 aromatic carbocycles. The molecule has 0 heterocycles. The van der Waals surface area contributed by atoms with E-state index in [-0.39, 0.29) is 5.92 Å². The molecule has 0 aliphatic rings. The van der Waals surface area contributed by atoms with Gasteiger partial charge in [0.15, 0.2) is 0 Å². The average molecular weight is 362 g/mol. The Balaban J connectivity index is 2.75. The third-order valence-corrected chi connectivity index (χ3v) is 3.51. The van der Waals surface area contributed by atoms with Crippen LogP contribution in [-0.4, -0.2) is 36.9 Å². The van der Waals surface area contributed by atoms with Gasteiger partial charge in [-0.25, -0.2) is 8.78 Å². The Bertz CT molecular complexity index is 565. The smallest absolute Gasteiger partial charge is 0.277 e. The maximum atomic E-state index is 13.2. The summed E-state index contributed by atoms with van der Waals surface area (Å²) in [4.78, 5) is 24.3. The van der Waals surface area contributed by atoms with Crippen LogP contribution >= 0.6 is 11.6 Å². The Morgan fingerprint density at radius 3 is 2.33 bits per heavy atom. The standard InChI is InChI=1S/C16H22ClF2N3O2/c1-10(2)7-13(15(24)21-9-16(18,19)8-20)22-14(23)11-3-5-12(17)6-4-11/h3-6,10,13H,7-9,20H2,1-2H3,(H,21,24)(H,22,23). The highest BCUT2D eigenvalue weighted by Crippen LogP contribution is 2.12. The maximum absolute atomic E-state index is 13.2. The Kier molecular flexibility index (Phi) is 7.57. The zero-order chi connectivity index (χ0) is 18.3. The van der Waals surface area contributed by atoms with Crippen molar-refractivity contribution in [2.75, 3.05) is 13.1 Å². The zero-order valence-electron chi connectivity index (χ0n) is 13.6. The molecule has 24 heavy (non-hydrogen) atoms. The van der Waals surface area contributed by atoms with Gasteiger partial charge in [0.25, 0.3) is 11.8 Å². The summed E-state index contributed by atoms with van der Waals surface area (Å²) in [5.74, 6) is -4.24. The van der Waals surface area contributed by atoms with E-state index >= 15 is 0 Å². The summed E-state index contributed by atoms with van der Waals surface area (Å²) >= 11 is 5.76. The molecule has 1 aromatic rings. The maximum Gasteiger partial charge on any atom is 0.277 e. The van der Waals surface area contributed by atoms with Crippen molar-refractivity contribution in [1.82, 2.24) is 10.6 Å². The second kappa shape index (κ2) is 8.94. The molecule has 0 radical (unpaired) electrons. The number of alkyl halides is 2. The van der Waals surface area contributed by atoms with Gasteiger partial charge in [0.05, 0.1) is 13.1 Å². The molecule has 0 bridgehead atoms. The first-order valence-electron chi connectivity index (χ1n) is 7.56. The monoisotopic (exact) mass is 361 g/mol. The fourth-order valence-electron chi connectivity index (χ4n) is 1.96. The second-order valence-corrected chi connectivity index (χ2v) is 6.38. The van der Waals surface area contributed by atoms with Crippen LogP contribution in [0.1, 0.15) is 30.6 Å². The second-order valence-electron chi connectivity index (χ2n) is 5.94. The summed E-state index contributed by atoms with van der Waals surface area (Å²) in [5, 5.41) is 5.19. The number of hydrogen-bond donors (Lipinski definition) is 3. The van der Waals surface area contributed by atoms with Crippen LogP contribution in [0.2, 0.25) is 5.02 Å². The molecule has 1 atom stereocenters. The van der Waals surface area contributed by atoms with E-state index in [9.17, 15) is 18.4 Å². The molecule has 0 spiro atoms. The zero-order valence-corrected chi connectivity index (χ0v) is 14.4. The van der Waals surface area contributed by atoms with Crippen molar-refractivity contribution in [3.8, 4) is 0 Å². The lowest BCUT2D eigenvalue weighted by atomic mass is 10.0. The third kappa shape index (κ3) is 6.80. The van der Waals surface area contributed by atoms with Crippen LogP contribution in [0.25, 0.3) is 0 Å². The number of nitrogens with two attached hydrogens (primary N) is 1. The number of carbonyl (C=O) groups is 2. The molecule has 0 fully saturated rings. The molecule has 0 aliphatic carbocycles. The molecular formula is C16H22ClF2N3O2. The molecule has 8 heteroatoms. The number of carbonyl (C=O) groups excluding carboxylic acids is 2. The normalized spacial score (nSPS) is 12.8. The van der Waals surface area contributed by atoms with Gasteiger partial charge in [-0.15, -0.1) is 0 Å². The Morgan fingerprint density at radius 2 is 1.83 bits per heavy atom. The summed E-state index contributed by atoms with van der Waals surface area (Å²) in [6, 6.07) is 5.22. The van der Waals surface area contributed by atoms with Gasteiger partial charge in [-0.1, -0.05) is 25.4 Å². The number of amides is 2. The van der Waals surface area contributed by atoms with Gasteiger partial charge in [-0.05, 0) is 36.6 Å². The SMILES string of the molecule is CC(C)CC(NC(=O)c1ccc(Cl)cc1)C(=O)NCC(F)(F)CN. The molecule has 5 nitrogen and oxygen atoms in total. The minimum atomic E-state index is -3.18. The van der Waals surface area contributed by atoms with Crippen molar-refractivity contribution < 1.29 is 18.4 Å². The molecular weight excluding hydrogens is 340 g/mol. The lowest BCUT2D eigenvalue weighted by Crippen LogP contribution is -2.51. The minimum absolute atomic E-state index is 0.0845. The van der Waals surface area contributed by atoms with Crippen LogP contribution in [0.15, 0.2) is 24.3 Å². The highest BCUT2D eigenvalue weighted by atomic mass is 35.5. The molecule has 0 saturated carbocycles. The van der Waals surface area contributed by atoms with E-state index in [1.54, 1.807) is 12.1 Å². The molecule has 0 aromatic heterocycles. The number of rotatable bonds is 8. The number of hydrogen-bond acceptors (Lipinski definition) is 3. The molecule has 0 aliphatic heterocycles. The Hall–Kier alpha value is -1.73. The fraction of sp³-hybridized carbons (Fsp3) is 0.500. The van der Waals surface area contributed by atoms with Gasteiger partial charge >= 0.3 is 0 Å². The first-order valence-corrected chi connectivity index (χ1v) is 7.94. The number of benzene rings is 1. The highest BCUT2D eigenvalue weighted by molar-refractivity contribution is 6.30. The highest BCUT2D eigenvalue weighted by Gasteiger charge is 2.29. The lowest BCUT2D eigenvalue weighted by Gasteiger charge is -2.22. The predicted molar refractivity (Wildman–Crippen MR) is 89.2 cm³/mol. The van der Waals surface area contributed by atoms with Gasteiger partial charge in [0.1, 0.15) is 6.04 Å². The summed E-state index contributed by atoms with van der Waals surface area (Å²) in [5.41, 5.74) is 5.26. The Morgan fingerprint density at radius 1 is 1.25 bits per heavy atom. The van der Waals surface area contributed by atoms with Crippen molar-refractivity contribution in [3.63, 3.8) is 0 Å². The van der Waals surface area contributed by atoms with Gasteiger partial charge in [0.2, 0.25) is 5.91 Å². The minimum Gasteiger partial charge on any atom is -0.348 e. The van der Waals surface area contributed by atoms with Gasteiger partial charge < -0.3 is 16.4 Å². The van der Waals surface area contributed by atoms with Crippen LogP contribution in [0.4, 0.5) is 8.78 Å². The van der Waals surface area contributed by atoms with Crippen molar-refractivity contribution in [3.05, 3.63) is 34.9 Å². The van der Waals surface area contributed by atoms with E-state index in [2.05, 4.69) is 10.6 Å². The van der Waals surface area contributed by atoms with Gasteiger partial charge in [-0.2, -0.15) is 0 Å². The van der Waals surface area contributed by atoms with Crippen molar-refractivity contribution in [2.24, 2.45) is 11.7 Å². The van der Waals surface area contributed by atoms with E-state index in [0.29, 0.717) is 17.0 Å². The Labute approximate surface area is 144 Å². The van der Waals surface area contributed by atoms with Gasteiger partial charge in [-0.3, -0.25) is 9.59 Å². The first-order chi connectivity index (χ1) is 11.1. The summed E-state index contributed by atoms with van der Waals surface area (Å²) in [7, 11) is 0. The molecule has 134 valence electrons. The molecule has 0 saturated heterocycles. The van der Waals surface area contributed by atoms with E-state index in [1.165, 1.54) is 12.1 Å². The summed E-state index contributed by atoms with van der Waals surface area (Å²) in [6.07, 6.45) is 0.319. The third-order valence-electron chi connectivity index (χ3n) is 3.26. The van der Waals surface area contributed by atoms with Crippen LogP contribution in [0, 0.1) is 5.92 Å². The van der Waals surface area contributed by atoms with Crippen LogP contribution in [0.3, 0.4) is 0 Å². The average Bonchev–Trinajstić information content (AvgIpc) is 2.52. The number of nitrogens with one attached hydrogen (secondary N) is 2. The predicted octanol–water partition coefficient (Wildman–Crippen LogP) is 2.19. The van der Waals surface area contributed by atoms with E-state index in [0.717, 1.165) is 0 Å². The first kappa shape index (κ1) is 20.3. The summed E-state index contributed by atoms with van der Waals surface area (Å²) < 4.78 is 26.3. The van der Waals surface area contributed by atoms with E-state index < -0.39 is 36.9 Å². The largest absolute Gasteiger partial charge is 0.348 e. The summed E-state index contributed by atoms with van der Waals surface area (Å²) in [6.45, 7) is 2.00. The van der Waals surface area contributed by atoms with Crippen LogP contribution < -0.4 is 16.4 Å². The lowest BCUT2D eigenvalue weighted by molar-refractivity contribution is -0.125. The molecule has 4 N–H and O–H groups in total. The topological polar surface area (TPSA) is 84.2 Å². The van der Waals surface area contributed by atoms with Crippen molar-refractivity contribution in [2.45, 2.75) is 32.2 Å². The van der Waals surface area contributed by atoms with Crippen LogP contribution in [-0.2, 0) is 4.79 Å². The molecule has 1 rings (SSSR count). The van der Waals surface area contributed by atoms with Crippen molar-refractivity contribution >= 4 is 23.4 Å². The molecule has 2 amide bonds. The number of halogens is 3. The van der Waals surface area contributed by atoms with Gasteiger partial charge in [0, 0.05) is 10.6 Å². The van der Waals surface area contributed by atoms with Crippen LogP contribution in [0.5, 0.6) is 0 Å². The quantitative estimate of drug-likeness (QED) is 0.663. The van der Waals surface area contributed by atoms with E-state index in [4.69, 9.17) is 17.3 Å².